The average Bonchev–Trinajstić information content (AvgIpc) is 3.51. The highest BCUT2D eigenvalue weighted by molar-refractivity contribution is 7.13. The second-order valence-corrected chi connectivity index (χ2v) is 8.69. The van der Waals surface area contributed by atoms with Gasteiger partial charge < -0.3 is 10.3 Å². The third-order valence-electron chi connectivity index (χ3n) is 5.40. The van der Waals surface area contributed by atoms with Crippen molar-refractivity contribution in [2.75, 3.05) is 13.1 Å². The quantitative estimate of drug-likeness (QED) is 0.388. The lowest BCUT2D eigenvalue weighted by Gasteiger charge is -2.13. The van der Waals surface area contributed by atoms with Crippen molar-refractivity contribution in [3.63, 3.8) is 0 Å². The number of pyridine rings is 1. The van der Waals surface area contributed by atoms with Crippen LogP contribution < -0.4 is 5.32 Å². The van der Waals surface area contributed by atoms with E-state index in [0.29, 0.717) is 0 Å². The fourth-order valence-corrected chi connectivity index (χ4v) is 4.79. The van der Waals surface area contributed by atoms with Crippen LogP contribution >= 0.6 is 11.3 Å². The Hall–Kier alpha value is -3.22. The number of aryl methyl sites for hydroxylation is 1. The molecule has 6 heteroatoms. The Morgan fingerprint density at radius 2 is 2.20 bits per heavy atom. The second kappa shape index (κ2) is 7.89. The van der Waals surface area contributed by atoms with E-state index >= 15 is 0 Å². The number of nitrogens with one attached hydrogen (secondary N) is 3. The van der Waals surface area contributed by atoms with Crippen LogP contribution in [0.2, 0.25) is 0 Å². The van der Waals surface area contributed by atoms with Crippen molar-refractivity contribution in [2.45, 2.75) is 13.3 Å². The van der Waals surface area contributed by atoms with Crippen LogP contribution in [-0.4, -0.2) is 33.3 Å². The lowest BCUT2D eigenvalue weighted by atomic mass is 10.0. The zero-order chi connectivity index (χ0) is 20.5. The Morgan fingerprint density at radius 1 is 1.27 bits per heavy atom. The summed E-state index contributed by atoms with van der Waals surface area (Å²) < 4.78 is 0. The lowest BCUT2D eigenvalue weighted by molar-refractivity contribution is 0.738. The fraction of sp³-hybridized carbons (Fsp3) is 0.167. The fourth-order valence-electron chi connectivity index (χ4n) is 3.88. The van der Waals surface area contributed by atoms with Crippen LogP contribution in [-0.2, 0) is 0 Å². The van der Waals surface area contributed by atoms with Gasteiger partial charge >= 0.3 is 0 Å². The first-order valence-corrected chi connectivity index (χ1v) is 10.9. The van der Waals surface area contributed by atoms with Gasteiger partial charge in [0, 0.05) is 45.2 Å². The van der Waals surface area contributed by atoms with Gasteiger partial charge in [-0.05, 0) is 55.3 Å². The number of thiophene rings is 1. The highest BCUT2D eigenvalue weighted by Crippen LogP contribution is 2.33. The minimum absolute atomic E-state index is 0.732. The zero-order valence-electron chi connectivity index (χ0n) is 16.8. The van der Waals surface area contributed by atoms with Crippen molar-refractivity contribution in [3.8, 4) is 11.4 Å². The van der Waals surface area contributed by atoms with Crippen molar-refractivity contribution in [1.82, 2.24) is 25.5 Å². The summed E-state index contributed by atoms with van der Waals surface area (Å²) in [5, 5.41) is 12.0. The molecule has 5 nitrogen and oxygen atoms in total. The van der Waals surface area contributed by atoms with Crippen LogP contribution in [0, 0.1) is 6.92 Å². The Kier molecular flexibility index (Phi) is 4.94. The van der Waals surface area contributed by atoms with Gasteiger partial charge in [0.1, 0.15) is 0 Å². The summed E-state index contributed by atoms with van der Waals surface area (Å²) in [6.07, 6.45) is 11.1. The predicted octanol–water partition coefficient (Wildman–Crippen LogP) is 5.32. The molecule has 0 atom stereocenters. The number of H-pyrrole nitrogens is 2. The number of fused-ring (bicyclic) bond motifs is 1. The highest BCUT2D eigenvalue weighted by Gasteiger charge is 2.15. The summed E-state index contributed by atoms with van der Waals surface area (Å²) in [5.74, 6) is 0. The monoisotopic (exact) mass is 413 g/mol. The number of aromatic amines is 2. The van der Waals surface area contributed by atoms with E-state index in [2.05, 4.69) is 75.4 Å². The highest BCUT2D eigenvalue weighted by atomic mass is 32.1. The molecular weight excluding hydrogens is 390 g/mol. The third-order valence-corrected chi connectivity index (χ3v) is 6.43. The van der Waals surface area contributed by atoms with Gasteiger partial charge in [-0.3, -0.25) is 5.10 Å². The molecule has 0 radical (unpaired) electrons. The summed E-state index contributed by atoms with van der Waals surface area (Å²) in [6.45, 7) is 7.93. The van der Waals surface area contributed by atoms with Crippen LogP contribution in [0.1, 0.15) is 27.3 Å². The maximum absolute atomic E-state index is 4.58. The van der Waals surface area contributed by atoms with Crippen LogP contribution in [0.15, 0.2) is 61.5 Å². The Bertz CT molecular complexity index is 1280. The first kappa shape index (κ1) is 18.8. The van der Waals surface area contributed by atoms with E-state index in [0.717, 1.165) is 53.1 Å². The van der Waals surface area contributed by atoms with Crippen molar-refractivity contribution in [3.05, 3.63) is 82.3 Å². The van der Waals surface area contributed by atoms with Crippen LogP contribution in [0.25, 0.3) is 33.6 Å². The van der Waals surface area contributed by atoms with E-state index in [1.54, 1.807) is 11.3 Å². The smallest absolute Gasteiger partial charge is 0.181 e. The van der Waals surface area contributed by atoms with Gasteiger partial charge in [-0.2, -0.15) is 5.10 Å². The molecule has 0 amide bonds. The van der Waals surface area contributed by atoms with Gasteiger partial charge in [0.2, 0.25) is 0 Å². The van der Waals surface area contributed by atoms with Gasteiger partial charge in [-0.25, -0.2) is 4.98 Å². The minimum Gasteiger partial charge on any atom is -0.359 e. The molecule has 0 bridgehead atoms. The molecule has 0 spiro atoms. The molecule has 1 aliphatic rings. The van der Waals surface area contributed by atoms with E-state index in [4.69, 9.17) is 0 Å². The molecule has 0 fully saturated rings. The largest absolute Gasteiger partial charge is 0.359 e. The summed E-state index contributed by atoms with van der Waals surface area (Å²) in [7, 11) is 0. The molecule has 0 aromatic carbocycles. The van der Waals surface area contributed by atoms with Gasteiger partial charge in [0.25, 0.3) is 0 Å². The topological polar surface area (TPSA) is 69.4 Å². The predicted molar refractivity (Wildman–Crippen MR) is 125 cm³/mol. The van der Waals surface area contributed by atoms with Crippen molar-refractivity contribution >= 4 is 33.5 Å². The van der Waals surface area contributed by atoms with Crippen molar-refractivity contribution in [2.24, 2.45) is 0 Å². The number of nitrogens with zero attached hydrogens (tertiary/aromatic N) is 2. The molecule has 0 aliphatic carbocycles. The van der Waals surface area contributed by atoms with E-state index < -0.39 is 0 Å². The summed E-state index contributed by atoms with van der Waals surface area (Å²) in [5.41, 5.74) is 7.48. The zero-order valence-corrected chi connectivity index (χ0v) is 17.6. The van der Waals surface area contributed by atoms with E-state index in [9.17, 15) is 0 Å². The third kappa shape index (κ3) is 3.44. The Balaban J connectivity index is 1.55. The molecule has 5 heterocycles. The molecule has 150 valence electrons. The van der Waals surface area contributed by atoms with Gasteiger partial charge in [-0.1, -0.05) is 24.8 Å². The molecule has 30 heavy (non-hydrogen) atoms. The number of hydrogen-bond acceptors (Lipinski definition) is 4. The molecule has 0 unspecified atom stereocenters. The van der Waals surface area contributed by atoms with Crippen LogP contribution in [0.4, 0.5) is 0 Å². The van der Waals surface area contributed by atoms with Gasteiger partial charge in [0.15, 0.2) is 5.65 Å². The number of hydrogen-bond donors (Lipinski definition) is 3. The second-order valence-electron chi connectivity index (χ2n) is 7.41. The van der Waals surface area contributed by atoms with Crippen molar-refractivity contribution in [1.29, 1.82) is 0 Å². The molecule has 0 saturated carbocycles. The van der Waals surface area contributed by atoms with Crippen LogP contribution in [0.3, 0.4) is 0 Å². The lowest BCUT2D eigenvalue weighted by Crippen LogP contribution is -2.20. The normalized spacial score (nSPS) is 14.8. The number of rotatable bonds is 5. The number of aromatic nitrogens is 4. The van der Waals surface area contributed by atoms with E-state index in [1.165, 1.54) is 20.9 Å². The summed E-state index contributed by atoms with van der Waals surface area (Å²) in [6, 6.07) is 8.67. The van der Waals surface area contributed by atoms with E-state index in [-0.39, 0.29) is 0 Å². The van der Waals surface area contributed by atoms with E-state index in [1.807, 2.05) is 18.5 Å². The first-order chi connectivity index (χ1) is 14.7. The molecular formula is C24H23N5S. The SMILES string of the molecule is C=C/C=C(\c1c[nH]c(-c2[nH]nc3ncc(C4=CCNCC4)cc23)c1)c1ccc(C)s1. The first-order valence-electron chi connectivity index (χ1n) is 10.1. The minimum atomic E-state index is 0.732. The maximum Gasteiger partial charge on any atom is 0.181 e. The molecule has 3 N–H and O–H groups in total. The molecule has 5 rings (SSSR count). The summed E-state index contributed by atoms with van der Waals surface area (Å²) >= 11 is 1.79. The molecule has 1 aliphatic heterocycles. The standard InChI is InChI=1S/C24H23N5S/c1-3-4-19(22-6-5-15(2)30-22)18-12-21(26-14-18)23-20-11-17(13-27-24(20)29-28-23)16-7-9-25-10-8-16/h3-7,11-14,25-26H,1,8-10H2,2H3,(H,27,28,29)/b19-4+. The van der Waals surface area contributed by atoms with Gasteiger partial charge in [0.05, 0.1) is 11.4 Å². The Morgan fingerprint density at radius 3 is 2.97 bits per heavy atom. The maximum atomic E-state index is 4.58. The van der Waals surface area contributed by atoms with Crippen LogP contribution in [0.5, 0.6) is 0 Å². The van der Waals surface area contributed by atoms with Gasteiger partial charge in [-0.15, -0.1) is 11.3 Å². The number of allylic oxidation sites excluding steroid dienone is 2. The average molecular weight is 414 g/mol. The molecule has 0 saturated heterocycles. The van der Waals surface area contributed by atoms with Crippen molar-refractivity contribution < 1.29 is 0 Å². The summed E-state index contributed by atoms with van der Waals surface area (Å²) in [4.78, 5) is 10.5. The molecule has 4 aromatic rings. The molecule has 4 aromatic heterocycles. The Labute approximate surface area is 179 Å².